The van der Waals surface area contributed by atoms with Crippen LogP contribution in [-0.2, 0) is 9.68 Å². The van der Waals surface area contributed by atoms with Gasteiger partial charge in [0.25, 0.3) is 11.8 Å². The molecule has 0 aliphatic heterocycles. The molecule has 2 aliphatic rings. The van der Waals surface area contributed by atoms with Gasteiger partial charge in [0.2, 0.25) is 0 Å². The predicted octanol–water partition coefficient (Wildman–Crippen LogP) is 9.62. The first-order chi connectivity index (χ1) is 26.4. The third-order valence-electron chi connectivity index (χ3n) is 9.16. The summed E-state index contributed by atoms with van der Waals surface area (Å²) >= 11 is 15.7. The van der Waals surface area contributed by atoms with E-state index in [1.54, 1.807) is 31.2 Å². The van der Waals surface area contributed by atoms with Crippen molar-refractivity contribution in [2.75, 3.05) is 23.8 Å². The topological polar surface area (TPSA) is 141 Å². The molecule has 0 heterocycles. The van der Waals surface area contributed by atoms with Crippen LogP contribution in [0.25, 0.3) is 0 Å². The molecule has 2 saturated carbocycles. The highest BCUT2D eigenvalue weighted by molar-refractivity contribution is 14.1. The first-order valence-electron chi connectivity index (χ1n) is 17.1. The highest BCUT2D eigenvalue weighted by atomic mass is 127. The molecule has 2 amide bonds. The van der Waals surface area contributed by atoms with E-state index in [1.807, 2.05) is 19.1 Å². The van der Waals surface area contributed by atoms with Crippen molar-refractivity contribution in [1.82, 2.24) is 11.0 Å². The average Bonchev–Trinajstić information content (AvgIpc) is 4.09. The zero-order chi connectivity index (χ0) is 41.1. The Labute approximate surface area is 357 Å². The van der Waals surface area contributed by atoms with Crippen LogP contribution < -0.4 is 21.6 Å². The second kappa shape index (κ2) is 18.7. The molecule has 2 fully saturated rings. The largest absolute Gasteiger partial charge is 0.396 e. The summed E-state index contributed by atoms with van der Waals surface area (Å²) < 4.78 is 59.2. The lowest BCUT2D eigenvalue weighted by Gasteiger charge is -2.23. The molecule has 0 saturated heterocycles. The van der Waals surface area contributed by atoms with Crippen LogP contribution in [0.2, 0.25) is 10.0 Å². The fraction of sp³-hybridized carbons (Fsp3) is 0.316. The normalized spacial score (nSPS) is 16.9. The average molecular weight is 1050 g/mol. The van der Waals surface area contributed by atoms with E-state index in [9.17, 15) is 32.3 Å². The van der Waals surface area contributed by atoms with Gasteiger partial charge >= 0.3 is 0 Å². The number of benzene rings is 4. The Kier molecular flexibility index (Phi) is 14.8. The Balaban J connectivity index is 0.000000214. The van der Waals surface area contributed by atoms with E-state index in [0.717, 1.165) is 49.7 Å². The van der Waals surface area contributed by atoms with Gasteiger partial charge in [0.15, 0.2) is 29.1 Å². The van der Waals surface area contributed by atoms with E-state index in [0.29, 0.717) is 11.4 Å². The summed E-state index contributed by atoms with van der Waals surface area (Å²) in [6, 6.07) is 12.8. The Bertz CT molecular complexity index is 2150. The minimum atomic E-state index is -1.54. The van der Waals surface area contributed by atoms with Gasteiger partial charge in [-0.15, -0.1) is 0 Å². The predicted molar refractivity (Wildman–Crippen MR) is 221 cm³/mol. The summed E-state index contributed by atoms with van der Waals surface area (Å²) in [5, 5.41) is 23.7. The van der Waals surface area contributed by atoms with Crippen LogP contribution in [-0.4, -0.2) is 41.0 Å². The fourth-order valence-corrected chi connectivity index (χ4v) is 7.19. The Morgan fingerprint density at radius 2 is 1.25 bits per heavy atom. The summed E-state index contributed by atoms with van der Waals surface area (Å²) in [5.74, 6) is -7.96. The van der Waals surface area contributed by atoms with Crippen molar-refractivity contribution in [2.45, 2.75) is 45.8 Å². The van der Waals surface area contributed by atoms with Crippen LogP contribution >= 0.6 is 68.4 Å². The maximum absolute atomic E-state index is 14.6. The van der Waals surface area contributed by atoms with Crippen molar-refractivity contribution in [3.05, 3.63) is 111 Å². The second-order valence-electron chi connectivity index (χ2n) is 13.5. The van der Waals surface area contributed by atoms with Crippen LogP contribution in [0.3, 0.4) is 0 Å². The lowest BCUT2D eigenvalue weighted by Crippen LogP contribution is -2.40. The number of hydrogen-bond donors (Lipinski definition) is 6. The van der Waals surface area contributed by atoms with E-state index in [1.165, 1.54) is 6.92 Å². The van der Waals surface area contributed by atoms with Crippen LogP contribution in [0.15, 0.2) is 48.5 Å². The van der Waals surface area contributed by atoms with Gasteiger partial charge in [-0.05, 0) is 157 Å². The minimum absolute atomic E-state index is 0.0736. The standard InChI is InChI=1S/2C19H18ClF2IN2O3/c1-9-7-11(23)5-6-14(9)24-17-12(8-13(20)15(21)16(17)22)18(26)25-28-19(2,27)10-3-4-10;1-9-4-12(23)2-3-15(9)24-18-13(6-14(20)16(21)17(18)22)19(27)25-28-8-11-5-10(11)7-26/h5-8,10,24,27H,3-4H2,1-2H3,(H,25,26);2-4,6,10-11,24,26H,5,7-8H2,1H3,(H,25,27). The molecule has 300 valence electrons. The van der Waals surface area contributed by atoms with Crippen molar-refractivity contribution in [3.63, 3.8) is 0 Å². The van der Waals surface area contributed by atoms with Crippen LogP contribution in [0.4, 0.5) is 40.3 Å². The molecule has 3 atom stereocenters. The Morgan fingerprint density at radius 3 is 1.66 bits per heavy atom. The summed E-state index contributed by atoms with van der Waals surface area (Å²) in [6.45, 7) is 5.34. The monoisotopic (exact) mass is 1040 g/mol. The molecule has 4 aromatic rings. The number of amides is 2. The second-order valence-corrected chi connectivity index (χ2v) is 16.8. The van der Waals surface area contributed by atoms with E-state index in [4.69, 9.17) is 38.0 Å². The summed E-state index contributed by atoms with van der Waals surface area (Å²) in [4.78, 5) is 35.3. The van der Waals surface area contributed by atoms with Gasteiger partial charge in [-0.25, -0.2) is 33.4 Å². The molecule has 4 aromatic carbocycles. The van der Waals surface area contributed by atoms with Crippen molar-refractivity contribution < 1.29 is 47.0 Å². The molecule has 6 rings (SSSR count). The zero-order valence-electron chi connectivity index (χ0n) is 29.9. The number of nitrogens with one attached hydrogen (secondary N) is 4. The SMILES string of the molecule is Cc1cc(I)ccc1Nc1c(C(=O)NOC(C)(O)C2CC2)cc(Cl)c(F)c1F.Cc1cc(I)ccc1Nc1c(C(=O)NOCC2CC2CO)cc(Cl)c(F)c1F. The molecule has 3 unspecified atom stereocenters. The van der Waals surface area contributed by atoms with Crippen molar-refractivity contribution in [1.29, 1.82) is 0 Å². The number of aliphatic hydroxyl groups is 2. The van der Waals surface area contributed by atoms with E-state index in [-0.39, 0.29) is 53.5 Å². The molecule has 56 heavy (non-hydrogen) atoms. The Hall–Kier alpha value is -2.98. The lowest BCUT2D eigenvalue weighted by atomic mass is 10.1. The zero-order valence-corrected chi connectivity index (χ0v) is 35.8. The quantitative estimate of drug-likeness (QED) is 0.0256. The minimum Gasteiger partial charge on any atom is -0.396 e. The molecule has 0 radical (unpaired) electrons. The number of aryl methyl sites for hydroxylation is 2. The third kappa shape index (κ3) is 10.9. The smallest absolute Gasteiger partial charge is 0.277 e. The number of halogens is 8. The third-order valence-corrected chi connectivity index (χ3v) is 11.1. The first kappa shape index (κ1) is 44.1. The highest BCUT2D eigenvalue weighted by Crippen LogP contribution is 2.40. The van der Waals surface area contributed by atoms with Gasteiger partial charge in [0, 0.05) is 31.0 Å². The number of aliphatic hydroxyl groups excluding tert-OH is 1. The summed E-state index contributed by atoms with van der Waals surface area (Å²) in [5.41, 5.74) is 5.80. The molecular weight excluding hydrogens is 1010 g/mol. The van der Waals surface area contributed by atoms with E-state index in [2.05, 4.69) is 66.8 Å². The summed E-state index contributed by atoms with van der Waals surface area (Å²) in [6.07, 6.45) is 2.37. The number of carbonyl (C=O) groups excluding carboxylic acids is 2. The molecular formula is C38H36Cl2F4I2N4O6. The van der Waals surface area contributed by atoms with Crippen LogP contribution in [0, 0.1) is 62.0 Å². The molecule has 10 nitrogen and oxygen atoms in total. The van der Waals surface area contributed by atoms with Gasteiger partial charge in [-0.2, -0.15) is 0 Å². The van der Waals surface area contributed by atoms with Crippen molar-refractivity contribution >= 4 is 103 Å². The van der Waals surface area contributed by atoms with Gasteiger partial charge in [-0.3, -0.25) is 14.4 Å². The molecule has 2 aliphatic carbocycles. The van der Waals surface area contributed by atoms with Crippen LogP contribution in [0.5, 0.6) is 0 Å². The van der Waals surface area contributed by atoms with Gasteiger partial charge in [-0.1, -0.05) is 23.2 Å². The summed E-state index contributed by atoms with van der Waals surface area (Å²) in [7, 11) is 0. The number of hydrogen-bond acceptors (Lipinski definition) is 8. The fourth-order valence-electron chi connectivity index (χ4n) is 5.51. The molecule has 0 aromatic heterocycles. The van der Waals surface area contributed by atoms with Gasteiger partial charge < -0.3 is 20.8 Å². The maximum atomic E-state index is 14.6. The van der Waals surface area contributed by atoms with E-state index >= 15 is 0 Å². The van der Waals surface area contributed by atoms with Crippen molar-refractivity contribution in [2.24, 2.45) is 17.8 Å². The van der Waals surface area contributed by atoms with E-state index < -0.39 is 50.9 Å². The number of rotatable bonds is 13. The Morgan fingerprint density at radius 1 is 0.786 bits per heavy atom. The molecule has 6 N–H and O–H groups in total. The maximum Gasteiger partial charge on any atom is 0.277 e. The molecule has 18 heteroatoms. The number of carbonyl (C=O) groups is 2. The number of anilines is 4. The van der Waals surface area contributed by atoms with Gasteiger partial charge in [0.1, 0.15) is 0 Å². The first-order valence-corrected chi connectivity index (χ1v) is 20.0. The van der Waals surface area contributed by atoms with Crippen molar-refractivity contribution in [3.8, 4) is 0 Å². The molecule has 0 bridgehead atoms. The van der Waals surface area contributed by atoms with Crippen LogP contribution in [0.1, 0.15) is 58.0 Å². The number of hydroxylamine groups is 2. The molecule has 0 spiro atoms. The highest BCUT2D eigenvalue weighted by Gasteiger charge is 2.42. The van der Waals surface area contributed by atoms with Gasteiger partial charge in [0.05, 0.1) is 39.2 Å². The lowest BCUT2D eigenvalue weighted by molar-refractivity contribution is -0.230.